The fourth-order valence-electron chi connectivity index (χ4n) is 2.44. The molecule has 0 saturated carbocycles. The molecular formula is C15H25N3O4. The molecule has 1 unspecified atom stereocenters. The van der Waals surface area contributed by atoms with Crippen LogP contribution in [0.3, 0.4) is 0 Å². The molecule has 22 heavy (non-hydrogen) atoms. The first-order valence-electron chi connectivity index (χ1n) is 7.64. The molecule has 0 aromatic carbocycles. The van der Waals surface area contributed by atoms with Gasteiger partial charge in [0.15, 0.2) is 0 Å². The number of rotatable bonds is 4. The van der Waals surface area contributed by atoms with Gasteiger partial charge in [0, 0.05) is 6.54 Å². The maximum atomic E-state index is 12.2. The van der Waals surface area contributed by atoms with Crippen LogP contribution in [0.1, 0.15) is 51.9 Å². The summed E-state index contributed by atoms with van der Waals surface area (Å²) in [6, 6.07) is 0. The average molecular weight is 311 g/mol. The lowest BCUT2D eigenvalue weighted by atomic mass is 10.00. The monoisotopic (exact) mass is 311 g/mol. The Morgan fingerprint density at radius 1 is 1.41 bits per heavy atom. The van der Waals surface area contributed by atoms with Gasteiger partial charge < -0.3 is 14.4 Å². The highest BCUT2D eigenvalue weighted by Gasteiger charge is 2.41. The Kier molecular flexibility index (Phi) is 4.75. The van der Waals surface area contributed by atoms with E-state index in [1.165, 1.54) is 0 Å². The third-order valence-electron chi connectivity index (χ3n) is 3.87. The molecule has 1 aromatic heterocycles. The number of ether oxygens (including phenoxy) is 2. The van der Waals surface area contributed by atoms with Crippen molar-refractivity contribution >= 4 is 6.09 Å². The van der Waals surface area contributed by atoms with Crippen LogP contribution in [0.15, 0.2) is 4.63 Å². The predicted octanol–water partition coefficient (Wildman–Crippen LogP) is 2.68. The zero-order valence-corrected chi connectivity index (χ0v) is 14.0. The second-order valence-corrected chi connectivity index (χ2v) is 6.77. The van der Waals surface area contributed by atoms with Gasteiger partial charge in [0.2, 0.25) is 0 Å². The normalized spacial score (nSPS) is 22.1. The van der Waals surface area contributed by atoms with Gasteiger partial charge in [0.1, 0.15) is 17.0 Å². The number of hydrogen-bond acceptors (Lipinski definition) is 6. The van der Waals surface area contributed by atoms with E-state index in [2.05, 4.69) is 21.9 Å². The molecule has 7 heteroatoms. The van der Waals surface area contributed by atoms with Crippen molar-refractivity contribution in [1.29, 1.82) is 0 Å². The van der Waals surface area contributed by atoms with Crippen LogP contribution in [0, 0.1) is 6.92 Å². The molecule has 2 rings (SSSR count). The lowest BCUT2D eigenvalue weighted by Gasteiger charge is -2.29. The molecule has 1 aliphatic rings. The number of amides is 1. The molecule has 1 saturated heterocycles. The molecular weight excluding hydrogens is 286 g/mol. The van der Waals surface area contributed by atoms with Crippen molar-refractivity contribution in [3.63, 3.8) is 0 Å². The summed E-state index contributed by atoms with van der Waals surface area (Å²) in [5.74, 6) is 0. The third kappa shape index (κ3) is 3.97. The molecule has 1 aromatic rings. The number of nitrogens with zero attached hydrogens (tertiary/aromatic N) is 3. The van der Waals surface area contributed by atoms with Crippen LogP contribution < -0.4 is 0 Å². The molecule has 2 heterocycles. The minimum Gasteiger partial charge on any atom is -0.444 e. The molecule has 0 spiro atoms. The van der Waals surface area contributed by atoms with Crippen molar-refractivity contribution < 1.29 is 18.9 Å². The molecule has 0 aliphatic carbocycles. The standard InChI is InChI=1S/C15H25N3O4/c1-6-15(20-9-12-11(2)16-22-17-12)7-8-18(10-15)13(19)21-14(3,4)5/h6-10H2,1-5H3. The fraction of sp³-hybridized carbons (Fsp3) is 0.800. The van der Waals surface area contributed by atoms with E-state index in [0.717, 1.165) is 18.5 Å². The Hall–Kier alpha value is -1.63. The summed E-state index contributed by atoms with van der Waals surface area (Å²) in [5.41, 5.74) is 0.582. The zero-order chi connectivity index (χ0) is 16.4. The van der Waals surface area contributed by atoms with Crippen LogP contribution in [-0.2, 0) is 16.1 Å². The van der Waals surface area contributed by atoms with Gasteiger partial charge in [0.05, 0.1) is 18.8 Å². The molecule has 124 valence electrons. The van der Waals surface area contributed by atoms with Crippen LogP contribution in [0.2, 0.25) is 0 Å². The molecule has 1 fully saturated rings. The van der Waals surface area contributed by atoms with E-state index in [4.69, 9.17) is 9.47 Å². The maximum absolute atomic E-state index is 12.2. The third-order valence-corrected chi connectivity index (χ3v) is 3.87. The van der Waals surface area contributed by atoms with Gasteiger partial charge in [-0.2, -0.15) is 0 Å². The van der Waals surface area contributed by atoms with Gasteiger partial charge >= 0.3 is 6.09 Å². The van der Waals surface area contributed by atoms with Crippen molar-refractivity contribution in [2.45, 2.75) is 65.3 Å². The summed E-state index contributed by atoms with van der Waals surface area (Å²) in [6.07, 6.45) is 1.31. The first-order chi connectivity index (χ1) is 10.2. The van der Waals surface area contributed by atoms with Crippen molar-refractivity contribution in [3.05, 3.63) is 11.4 Å². The summed E-state index contributed by atoms with van der Waals surface area (Å²) >= 11 is 0. The first kappa shape index (κ1) is 16.7. The van der Waals surface area contributed by atoms with Gasteiger partial charge in [0.25, 0.3) is 0 Å². The van der Waals surface area contributed by atoms with Crippen LogP contribution in [0.25, 0.3) is 0 Å². The van der Waals surface area contributed by atoms with Gasteiger partial charge in [-0.05, 0) is 40.5 Å². The molecule has 7 nitrogen and oxygen atoms in total. The summed E-state index contributed by atoms with van der Waals surface area (Å²) in [7, 11) is 0. The zero-order valence-electron chi connectivity index (χ0n) is 14.0. The smallest absolute Gasteiger partial charge is 0.410 e. The SMILES string of the molecule is CCC1(OCc2nonc2C)CCN(C(=O)OC(C)(C)C)C1. The van der Waals surface area contributed by atoms with E-state index in [9.17, 15) is 4.79 Å². The van der Waals surface area contributed by atoms with E-state index in [-0.39, 0.29) is 11.7 Å². The van der Waals surface area contributed by atoms with Gasteiger partial charge in [-0.3, -0.25) is 0 Å². The Morgan fingerprint density at radius 3 is 2.68 bits per heavy atom. The van der Waals surface area contributed by atoms with E-state index in [1.54, 1.807) is 4.90 Å². The summed E-state index contributed by atoms with van der Waals surface area (Å²) < 4.78 is 16.2. The summed E-state index contributed by atoms with van der Waals surface area (Å²) in [4.78, 5) is 13.9. The lowest BCUT2D eigenvalue weighted by molar-refractivity contribution is -0.0547. The lowest BCUT2D eigenvalue weighted by Crippen LogP contribution is -2.40. The van der Waals surface area contributed by atoms with Crippen molar-refractivity contribution in [2.24, 2.45) is 0 Å². The second-order valence-electron chi connectivity index (χ2n) is 6.77. The molecule has 1 aliphatic heterocycles. The van der Waals surface area contributed by atoms with Crippen LogP contribution >= 0.6 is 0 Å². The largest absolute Gasteiger partial charge is 0.444 e. The van der Waals surface area contributed by atoms with E-state index in [0.29, 0.717) is 25.4 Å². The quantitative estimate of drug-likeness (QED) is 0.850. The number of likely N-dealkylation sites (tertiary alicyclic amines) is 1. The van der Waals surface area contributed by atoms with Crippen LogP contribution in [-0.4, -0.2) is 45.6 Å². The van der Waals surface area contributed by atoms with Crippen molar-refractivity contribution in [1.82, 2.24) is 15.2 Å². The van der Waals surface area contributed by atoms with Gasteiger partial charge in [-0.25, -0.2) is 9.42 Å². The molecule has 1 atom stereocenters. The summed E-state index contributed by atoms with van der Waals surface area (Å²) in [6.45, 7) is 11.0. The Balaban J connectivity index is 1.95. The van der Waals surface area contributed by atoms with Gasteiger partial charge in [-0.15, -0.1) is 0 Å². The Bertz CT molecular complexity index is 523. The molecule has 1 amide bonds. The van der Waals surface area contributed by atoms with Gasteiger partial charge in [-0.1, -0.05) is 17.2 Å². The van der Waals surface area contributed by atoms with Crippen molar-refractivity contribution in [3.8, 4) is 0 Å². The maximum Gasteiger partial charge on any atom is 0.410 e. The number of carbonyl (C=O) groups excluding carboxylic acids is 1. The highest BCUT2D eigenvalue weighted by atomic mass is 16.6. The predicted molar refractivity (Wildman–Crippen MR) is 79.3 cm³/mol. The highest BCUT2D eigenvalue weighted by molar-refractivity contribution is 5.68. The van der Waals surface area contributed by atoms with E-state index >= 15 is 0 Å². The van der Waals surface area contributed by atoms with E-state index < -0.39 is 5.60 Å². The first-order valence-corrected chi connectivity index (χ1v) is 7.64. The molecule has 0 radical (unpaired) electrons. The second kappa shape index (κ2) is 6.24. The average Bonchev–Trinajstić information content (AvgIpc) is 3.02. The van der Waals surface area contributed by atoms with Crippen molar-refractivity contribution in [2.75, 3.05) is 13.1 Å². The van der Waals surface area contributed by atoms with E-state index in [1.807, 2.05) is 27.7 Å². The number of aryl methyl sites for hydroxylation is 1. The highest BCUT2D eigenvalue weighted by Crippen LogP contribution is 2.31. The van der Waals surface area contributed by atoms with Crippen LogP contribution in [0.4, 0.5) is 4.79 Å². The fourth-order valence-corrected chi connectivity index (χ4v) is 2.44. The minimum atomic E-state index is -0.487. The molecule has 0 bridgehead atoms. The Labute approximate surface area is 130 Å². The topological polar surface area (TPSA) is 77.7 Å². The summed E-state index contributed by atoms with van der Waals surface area (Å²) in [5, 5.41) is 7.57. The Morgan fingerprint density at radius 2 is 2.14 bits per heavy atom. The van der Waals surface area contributed by atoms with Crippen LogP contribution in [0.5, 0.6) is 0 Å². The minimum absolute atomic E-state index is 0.286. The number of hydrogen-bond donors (Lipinski definition) is 0. The molecule has 0 N–H and O–H groups in total. The number of aromatic nitrogens is 2. The number of carbonyl (C=O) groups is 1.